The molecule has 0 aliphatic rings. The molecule has 0 radical (unpaired) electrons. The maximum Gasteiger partial charge on any atom is 0.329 e. The summed E-state index contributed by atoms with van der Waals surface area (Å²) < 4.78 is 24.4. The molecule has 1 rings (SSSR count). The summed E-state index contributed by atoms with van der Waals surface area (Å²) in [5, 5.41) is -0.120. The summed E-state index contributed by atoms with van der Waals surface area (Å²) in [6, 6.07) is 0. The Balaban J connectivity index is 3.38. The van der Waals surface area contributed by atoms with Gasteiger partial charge in [0.15, 0.2) is 0 Å². The molecule has 0 fully saturated rings. The van der Waals surface area contributed by atoms with Gasteiger partial charge < -0.3 is 0 Å². The molecule has 0 saturated carbocycles. The summed E-state index contributed by atoms with van der Waals surface area (Å²) >= 11 is 5.47. The fourth-order valence-corrected chi connectivity index (χ4v) is 1.11. The Morgan fingerprint density at radius 2 is 2.07 bits per heavy atom. The third-order valence-electron chi connectivity index (χ3n) is 1.68. The van der Waals surface area contributed by atoms with Crippen molar-refractivity contribution in [2.45, 2.75) is 19.9 Å². The third kappa shape index (κ3) is 2.01. The zero-order chi connectivity index (χ0) is 10.9. The minimum Gasteiger partial charge on any atom is -0.297 e. The molecule has 0 atom stereocenters. The number of halogens is 3. The van der Waals surface area contributed by atoms with Crippen molar-refractivity contribution < 1.29 is 8.78 Å². The van der Waals surface area contributed by atoms with Crippen LogP contribution in [0.4, 0.5) is 8.78 Å². The predicted octanol–water partition coefficient (Wildman–Crippen LogP) is 0.764. The first-order chi connectivity index (χ1) is 6.43. The molecule has 1 aromatic heterocycles. The van der Waals surface area contributed by atoms with E-state index >= 15 is 0 Å². The highest BCUT2D eigenvalue weighted by Gasteiger charge is 2.12. The van der Waals surface area contributed by atoms with Gasteiger partial charge in [-0.3, -0.25) is 14.3 Å². The van der Waals surface area contributed by atoms with Crippen LogP contribution < -0.4 is 11.2 Å². The van der Waals surface area contributed by atoms with Gasteiger partial charge in [0.05, 0.1) is 6.54 Å². The number of alkyl halides is 2. The number of hydrogen-bond donors (Lipinski definition) is 1. The van der Waals surface area contributed by atoms with Crippen LogP contribution in [0.5, 0.6) is 0 Å². The molecule has 7 heteroatoms. The lowest BCUT2D eigenvalue weighted by atomic mass is 10.4. The molecular weight excluding hydrogens is 218 g/mol. The maximum absolute atomic E-state index is 12.0. The molecule has 14 heavy (non-hydrogen) atoms. The van der Waals surface area contributed by atoms with Crippen molar-refractivity contribution in [1.82, 2.24) is 9.55 Å². The molecule has 0 aromatic carbocycles. The maximum atomic E-state index is 12.0. The second-order valence-electron chi connectivity index (χ2n) is 2.68. The van der Waals surface area contributed by atoms with Gasteiger partial charge in [-0.05, 0) is 6.92 Å². The summed E-state index contributed by atoms with van der Waals surface area (Å²) in [7, 11) is 0. The Hall–Kier alpha value is -1.17. The standard InChI is InChI=1S/C7H7ClF2N2O2/c1-3-5(8)11-7(14)12(6(3)13)2-4(9)10/h4H,2H2,1H3,(H,11,14). The zero-order valence-corrected chi connectivity index (χ0v) is 7.94. The summed E-state index contributed by atoms with van der Waals surface area (Å²) in [5.41, 5.74) is -1.67. The third-order valence-corrected chi connectivity index (χ3v) is 2.06. The molecule has 1 N–H and O–H groups in total. The van der Waals surface area contributed by atoms with E-state index in [0.717, 1.165) is 0 Å². The van der Waals surface area contributed by atoms with Crippen molar-refractivity contribution in [3.8, 4) is 0 Å². The second-order valence-corrected chi connectivity index (χ2v) is 3.05. The van der Waals surface area contributed by atoms with E-state index < -0.39 is 24.2 Å². The fraction of sp³-hybridized carbons (Fsp3) is 0.429. The van der Waals surface area contributed by atoms with Crippen LogP contribution in [0.1, 0.15) is 5.56 Å². The van der Waals surface area contributed by atoms with Gasteiger partial charge >= 0.3 is 5.69 Å². The zero-order valence-electron chi connectivity index (χ0n) is 7.18. The molecule has 0 aliphatic heterocycles. The van der Waals surface area contributed by atoms with Gasteiger partial charge in [-0.15, -0.1) is 0 Å². The second kappa shape index (κ2) is 3.91. The van der Waals surface area contributed by atoms with Crippen LogP contribution in [0.2, 0.25) is 5.15 Å². The molecule has 1 aromatic rings. The molecule has 78 valence electrons. The van der Waals surface area contributed by atoms with Crippen molar-refractivity contribution in [1.29, 1.82) is 0 Å². The van der Waals surface area contributed by atoms with Crippen molar-refractivity contribution in [3.05, 3.63) is 31.6 Å². The van der Waals surface area contributed by atoms with E-state index in [2.05, 4.69) is 4.98 Å². The first kappa shape index (κ1) is 10.9. The van der Waals surface area contributed by atoms with Gasteiger partial charge in [0.1, 0.15) is 5.15 Å². The fourth-order valence-electron chi connectivity index (χ4n) is 0.947. The predicted molar refractivity (Wildman–Crippen MR) is 47.1 cm³/mol. The molecule has 0 bridgehead atoms. The summed E-state index contributed by atoms with van der Waals surface area (Å²) in [6.45, 7) is 0.425. The number of aromatic amines is 1. The van der Waals surface area contributed by atoms with Crippen LogP contribution >= 0.6 is 11.6 Å². The van der Waals surface area contributed by atoms with E-state index in [0.29, 0.717) is 4.57 Å². The number of aromatic nitrogens is 2. The molecular formula is C7H7ClF2N2O2. The van der Waals surface area contributed by atoms with Crippen LogP contribution in [0.15, 0.2) is 9.59 Å². The largest absolute Gasteiger partial charge is 0.329 e. The van der Waals surface area contributed by atoms with Crippen LogP contribution in [-0.4, -0.2) is 16.0 Å². The number of rotatable bonds is 2. The molecule has 0 unspecified atom stereocenters. The normalized spacial score (nSPS) is 10.9. The van der Waals surface area contributed by atoms with Gasteiger partial charge in [-0.25, -0.2) is 13.6 Å². The molecule has 0 saturated heterocycles. The monoisotopic (exact) mass is 224 g/mol. The van der Waals surface area contributed by atoms with Crippen LogP contribution in [0, 0.1) is 6.92 Å². The lowest BCUT2D eigenvalue weighted by Gasteiger charge is -2.05. The average molecular weight is 225 g/mol. The first-order valence-corrected chi connectivity index (χ1v) is 4.08. The van der Waals surface area contributed by atoms with Gasteiger partial charge in [0, 0.05) is 5.56 Å². The molecule has 0 spiro atoms. The van der Waals surface area contributed by atoms with Crippen LogP contribution in [0.25, 0.3) is 0 Å². The topological polar surface area (TPSA) is 54.9 Å². The van der Waals surface area contributed by atoms with E-state index in [-0.39, 0.29) is 10.7 Å². The minimum absolute atomic E-state index is 0.0481. The molecule has 1 heterocycles. The highest BCUT2D eigenvalue weighted by atomic mass is 35.5. The Morgan fingerprint density at radius 1 is 1.50 bits per heavy atom. The lowest BCUT2D eigenvalue weighted by molar-refractivity contribution is 0.123. The summed E-state index contributed by atoms with van der Waals surface area (Å²) in [4.78, 5) is 24.4. The SMILES string of the molecule is Cc1c(Cl)[nH]c(=O)n(CC(F)F)c1=O. The van der Waals surface area contributed by atoms with E-state index in [4.69, 9.17) is 11.6 Å². The van der Waals surface area contributed by atoms with Gasteiger partial charge in [0.25, 0.3) is 12.0 Å². The van der Waals surface area contributed by atoms with Crippen molar-refractivity contribution in [2.24, 2.45) is 0 Å². The average Bonchev–Trinajstić information content (AvgIpc) is 2.09. The van der Waals surface area contributed by atoms with Crippen molar-refractivity contribution in [3.63, 3.8) is 0 Å². The smallest absolute Gasteiger partial charge is 0.297 e. The number of H-pyrrole nitrogens is 1. The van der Waals surface area contributed by atoms with E-state index in [1.807, 2.05) is 0 Å². The number of nitrogens with zero attached hydrogens (tertiary/aromatic N) is 1. The minimum atomic E-state index is -2.76. The highest BCUT2D eigenvalue weighted by Crippen LogP contribution is 2.03. The molecule has 4 nitrogen and oxygen atoms in total. The van der Waals surface area contributed by atoms with Crippen molar-refractivity contribution >= 4 is 11.6 Å². The summed E-state index contributed by atoms with van der Waals surface area (Å²) in [6.07, 6.45) is -2.76. The number of hydrogen-bond acceptors (Lipinski definition) is 2. The van der Waals surface area contributed by atoms with Gasteiger partial charge in [-0.2, -0.15) is 0 Å². The van der Waals surface area contributed by atoms with E-state index in [1.165, 1.54) is 6.92 Å². The highest BCUT2D eigenvalue weighted by molar-refractivity contribution is 6.30. The summed E-state index contributed by atoms with van der Waals surface area (Å²) in [5.74, 6) is 0. The van der Waals surface area contributed by atoms with Gasteiger partial charge in [0.2, 0.25) is 0 Å². The van der Waals surface area contributed by atoms with Crippen LogP contribution in [0.3, 0.4) is 0 Å². The molecule has 0 aliphatic carbocycles. The Kier molecular flexibility index (Phi) is 3.05. The van der Waals surface area contributed by atoms with Crippen LogP contribution in [-0.2, 0) is 6.54 Å². The Bertz CT molecular complexity index is 452. The Morgan fingerprint density at radius 3 is 2.57 bits per heavy atom. The van der Waals surface area contributed by atoms with E-state index in [9.17, 15) is 18.4 Å². The first-order valence-electron chi connectivity index (χ1n) is 3.71. The quantitative estimate of drug-likeness (QED) is 0.755. The Labute approximate surface area is 82.1 Å². The lowest BCUT2D eigenvalue weighted by Crippen LogP contribution is -2.38. The van der Waals surface area contributed by atoms with E-state index in [1.54, 1.807) is 0 Å². The number of nitrogens with one attached hydrogen (secondary N) is 1. The molecule has 0 amide bonds. The van der Waals surface area contributed by atoms with Crippen molar-refractivity contribution in [2.75, 3.05) is 0 Å². The van der Waals surface area contributed by atoms with Gasteiger partial charge in [-0.1, -0.05) is 11.6 Å².